The summed E-state index contributed by atoms with van der Waals surface area (Å²) in [6, 6.07) is 0.106. The Bertz CT molecular complexity index is 922. The number of ether oxygens (including phenoxy) is 2. The number of amides is 1. The zero-order valence-corrected chi connectivity index (χ0v) is 20.2. The molecule has 2 aromatic rings. The summed E-state index contributed by atoms with van der Waals surface area (Å²) >= 11 is 1.44. The van der Waals surface area contributed by atoms with Gasteiger partial charge in [0.1, 0.15) is 17.0 Å². The first-order chi connectivity index (χ1) is 15.5. The van der Waals surface area contributed by atoms with Gasteiger partial charge in [-0.05, 0) is 32.3 Å². The van der Waals surface area contributed by atoms with Gasteiger partial charge in [0, 0.05) is 38.3 Å². The maximum absolute atomic E-state index is 13.3. The molecule has 9 heteroatoms. The zero-order valence-electron chi connectivity index (χ0n) is 19.4. The highest BCUT2D eigenvalue weighted by molar-refractivity contribution is 7.20. The fraction of sp³-hybridized carbons (Fsp3) is 0.696. The van der Waals surface area contributed by atoms with E-state index in [1.54, 1.807) is 13.4 Å². The molecule has 4 rings (SSSR count). The lowest BCUT2D eigenvalue weighted by Crippen LogP contribution is -2.59. The van der Waals surface area contributed by atoms with Gasteiger partial charge in [-0.1, -0.05) is 19.3 Å². The SMILES string of the molecule is COC[C@@H](C)Nc1ncnc2sc(C(=O)NCC3(N4CCOCC4)CCCCC3)c(C)c12. The molecule has 3 heterocycles. The molecule has 0 unspecified atom stereocenters. The second-order valence-corrected chi connectivity index (χ2v) is 10.0. The van der Waals surface area contributed by atoms with Gasteiger partial charge in [-0.3, -0.25) is 9.69 Å². The van der Waals surface area contributed by atoms with Crippen molar-refractivity contribution in [3.63, 3.8) is 0 Å². The van der Waals surface area contributed by atoms with Crippen LogP contribution in [0.4, 0.5) is 5.82 Å². The number of carbonyl (C=O) groups is 1. The number of morpholine rings is 1. The Kier molecular flexibility index (Phi) is 7.60. The van der Waals surface area contributed by atoms with Crippen LogP contribution in [0.1, 0.15) is 54.3 Å². The third-order valence-corrected chi connectivity index (χ3v) is 7.98. The molecule has 2 N–H and O–H groups in total. The van der Waals surface area contributed by atoms with Crippen LogP contribution in [-0.4, -0.2) is 78.9 Å². The first-order valence-corrected chi connectivity index (χ1v) is 12.5. The normalized spacial score (nSPS) is 20.2. The molecule has 176 valence electrons. The van der Waals surface area contributed by atoms with E-state index >= 15 is 0 Å². The van der Waals surface area contributed by atoms with Crippen molar-refractivity contribution in [3.05, 3.63) is 16.8 Å². The van der Waals surface area contributed by atoms with Crippen LogP contribution in [0, 0.1) is 6.92 Å². The fourth-order valence-corrected chi connectivity index (χ4v) is 6.17. The summed E-state index contributed by atoms with van der Waals surface area (Å²) in [5.41, 5.74) is 0.976. The smallest absolute Gasteiger partial charge is 0.261 e. The highest BCUT2D eigenvalue weighted by Gasteiger charge is 2.39. The Morgan fingerprint density at radius 2 is 2.03 bits per heavy atom. The highest BCUT2D eigenvalue weighted by atomic mass is 32.1. The number of thiophene rings is 1. The Labute approximate surface area is 194 Å². The van der Waals surface area contributed by atoms with Gasteiger partial charge in [0.15, 0.2) is 0 Å². The monoisotopic (exact) mass is 461 g/mol. The lowest BCUT2D eigenvalue weighted by molar-refractivity contribution is -0.0361. The summed E-state index contributed by atoms with van der Waals surface area (Å²) < 4.78 is 10.8. The van der Waals surface area contributed by atoms with Gasteiger partial charge in [-0.2, -0.15) is 0 Å². The molecule has 1 aliphatic heterocycles. The van der Waals surface area contributed by atoms with E-state index in [9.17, 15) is 4.79 Å². The Hall–Kier alpha value is -1.81. The average molecular weight is 462 g/mol. The molecule has 2 aliphatic rings. The molecule has 1 saturated heterocycles. The van der Waals surface area contributed by atoms with Gasteiger partial charge in [-0.25, -0.2) is 9.97 Å². The molecule has 8 nitrogen and oxygen atoms in total. The van der Waals surface area contributed by atoms with E-state index in [1.165, 1.54) is 30.6 Å². The molecular formula is C23H35N5O3S. The first-order valence-electron chi connectivity index (χ1n) is 11.6. The molecule has 2 aromatic heterocycles. The van der Waals surface area contributed by atoms with Crippen molar-refractivity contribution >= 4 is 33.3 Å². The van der Waals surface area contributed by atoms with Crippen LogP contribution in [-0.2, 0) is 9.47 Å². The topological polar surface area (TPSA) is 88.6 Å². The van der Waals surface area contributed by atoms with Crippen molar-refractivity contribution in [2.24, 2.45) is 0 Å². The van der Waals surface area contributed by atoms with Crippen LogP contribution < -0.4 is 10.6 Å². The third kappa shape index (κ3) is 4.90. The standard InChI is InChI=1S/C23H35N5O3S/c1-16(13-30-3)27-20-18-17(2)19(32-22(18)26-15-25-20)21(29)24-14-23(7-5-4-6-8-23)28-9-11-31-12-10-28/h15-16H,4-14H2,1-3H3,(H,24,29)(H,25,26,27)/t16-/m1/s1. The molecule has 1 saturated carbocycles. The van der Waals surface area contributed by atoms with Crippen LogP contribution in [0.25, 0.3) is 10.2 Å². The Morgan fingerprint density at radius 1 is 1.28 bits per heavy atom. The highest BCUT2D eigenvalue weighted by Crippen LogP contribution is 2.36. The van der Waals surface area contributed by atoms with Crippen LogP contribution in [0.5, 0.6) is 0 Å². The molecule has 1 amide bonds. The lowest BCUT2D eigenvalue weighted by Gasteiger charge is -2.48. The Balaban J connectivity index is 1.52. The summed E-state index contributed by atoms with van der Waals surface area (Å²) in [7, 11) is 1.68. The second kappa shape index (κ2) is 10.4. The summed E-state index contributed by atoms with van der Waals surface area (Å²) in [5, 5.41) is 7.60. The molecule has 1 atom stereocenters. The first kappa shape index (κ1) is 23.4. The quantitative estimate of drug-likeness (QED) is 0.624. The molecule has 1 aliphatic carbocycles. The van der Waals surface area contributed by atoms with Gasteiger partial charge in [-0.15, -0.1) is 11.3 Å². The third-order valence-electron chi connectivity index (χ3n) is 6.78. The number of hydrogen-bond donors (Lipinski definition) is 2. The minimum absolute atomic E-state index is 0.0143. The number of aryl methyl sites for hydroxylation is 1. The summed E-state index contributed by atoms with van der Waals surface area (Å²) in [4.78, 5) is 26.3. The molecule has 0 radical (unpaired) electrons. The number of nitrogens with zero attached hydrogens (tertiary/aromatic N) is 3. The van der Waals surface area contributed by atoms with Crippen molar-refractivity contribution in [2.75, 3.05) is 51.9 Å². The number of anilines is 1. The lowest BCUT2D eigenvalue weighted by atomic mass is 9.79. The van der Waals surface area contributed by atoms with Crippen molar-refractivity contribution in [2.45, 2.75) is 57.5 Å². The van der Waals surface area contributed by atoms with E-state index in [0.29, 0.717) is 13.2 Å². The van der Waals surface area contributed by atoms with Gasteiger partial charge >= 0.3 is 0 Å². The number of fused-ring (bicyclic) bond motifs is 1. The van der Waals surface area contributed by atoms with E-state index in [1.807, 2.05) is 13.8 Å². The van der Waals surface area contributed by atoms with Crippen LogP contribution in [0.3, 0.4) is 0 Å². The van der Waals surface area contributed by atoms with Gasteiger partial charge in [0.25, 0.3) is 5.91 Å². The minimum atomic E-state index is -0.0143. The van der Waals surface area contributed by atoms with Crippen molar-refractivity contribution in [1.82, 2.24) is 20.2 Å². The number of methoxy groups -OCH3 is 1. The summed E-state index contributed by atoms with van der Waals surface area (Å²) in [6.45, 7) is 8.74. The van der Waals surface area contributed by atoms with Crippen LogP contribution in [0.2, 0.25) is 0 Å². The van der Waals surface area contributed by atoms with Gasteiger partial charge < -0.3 is 20.1 Å². The second-order valence-electron chi connectivity index (χ2n) is 9.03. The average Bonchev–Trinajstić information content (AvgIpc) is 3.16. The van der Waals surface area contributed by atoms with E-state index in [4.69, 9.17) is 9.47 Å². The van der Waals surface area contributed by atoms with Crippen LogP contribution >= 0.6 is 11.3 Å². The number of carbonyl (C=O) groups excluding carboxylic acids is 1. The van der Waals surface area contributed by atoms with Gasteiger partial charge in [0.05, 0.1) is 30.1 Å². The van der Waals surface area contributed by atoms with Crippen molar-refractivity contribution in [3.8, 4) is 0 Å². The van der Waals surface area contributed by atoms with Crippen molar-refractivity contribution < 1.29 is 14.3 Å². The Morgan fingerprint density at radius 3 is 2.75 bits per heavy atom. The molecular weight excluding hydrogens is 426 g/mol. The van der Waals surface area contributed by atoms with Crippen LogP contribution in [0.15, 0.2) is 6.33 Å². The number of rotatable bonds is 8. The largest absolute Gasteiger partial charge is 0.383 e. The number of nitrogens with one attached hydrogen (secondary N) is 2. The van der Waals surface area contributed by atoms with E-state index < -0.39 is 0 Å². The van der Waals surface area contributed by atoms with E-state index in [2.05, 4.69) is 25.5 Å². The molecule has 0 spiro atoms. The zero-order chi connectivity index (χ0) is 22.6. The number of hydrogen-bond acceptors (Lipinski definition) is 8. The summed E-state index contributed by atoms with van der Waals surface area (Å²) in [6.07, 6.45) is 7.55. The summed E-state index contributed by atoms with van der Waals surface area (Å²) in [5.74, 6) is 0.740. The van der Waals surface area contributed by atoms with Gasteiger partial charge in [0.2, 0.25) is 0 Å². The van der Waals surface area contributed by atoms with E-state index in [-0.39, 0.29) is 17.5 Å². The fourth-order valence-electron chi connectivity index (χ4n) is 5.10. The molecule has 32 heavy (non-hydrogen) atoms. The maximum atomic E-state index is 13.3. The molecule has 2 fully saturated rings. The molecule has 0 bridgehead atoms. The maximum Gasteiger partial charge on any atom is 0.261 e. The van der Waals surface area contributed by atoms with E-state index in [0.717, 1.165) is 65.6 Å². The van der Waals surface area contributed by atoms with Crippen molar-refractivity contribution in [1.29, 1.82) is 0 Å². The predicted molar refractivity (Wildman–Crippen MR) is 128 cm³/mol. The minimum Gasteiger partial charge on any atom is -0.383 e. The predicted octanol–water partition coefficient (Wildman–Crippen LogP) is 3.21. The number of aromatic nitrogens is 2. The molecule has 0 aromatic carbocycles.